The third kappa shape index (κ3) is 3.06. The van der Waals surface area contributed by atoms with E-state index in [4.69, 9.17) is 4.74 Å². The summed E-state index contributed by atoms with van der Waals surface area (Å²) in [5, 5.41) is 24.9. The number of aromatic hydroxyl groups is 1. The first-order valence-electron chi connectivity index (χ1n) is 9.48. The van der Waals surface area contributed by atoms with Crippen LogP contribution in [-0.4, -0.2) is 22.8 Å². The van der Waals surface area contributed by atoms with E-state index in [1.54, 1.807) is 25.1 Å². The number of aromatic carboxylic acids is 1. The Morgan fingerprint density at radius 1 is 1.31 bits per heavy atom. The van der Waals surface area contributed by atoms with E-state index in [0.717, 1.165) is 11.1 Å². The lowest BCUT2D eigenvalue weighted by Gasteiger charge is -2.50. The maximum atomic E-state index is 13.0. The summed E-state index contributed by atoms with van der Waals surface area (Å²) >= 11 is 0. The highest BCUT2D eigenvalue weighted by Gasteiger charge is 2.50. The van der Waals surface area contributed by atoms with Crippen LogP contribution in [0.15, 0.2) is 36.4 Å². The van der Waals surface area contributed by atoms with Gasteiger partial charge in [0, 0.05) is 12.0 Å². The molecular weight excluding hydrogens is 372 g/mol. The summed E-state index contributed by atoms with van der Waals surface area (Å²) in [5.74, 6) is -0.977. The van der Waals surface area contributed by atoms with Gasteiger partial charge in [0.25, 0.3) is 0 Å². The van der Waals surface area contributed by atoms with Crippen LogP contribution in [0.3, 0.4) is 0 Å². The van der Waals surface area contributed by atoms with Crippen molar-refractivity contribution in [2.24, 2.45) is 0 Å². The Morgan fingerprint density at radius 3 is 2.69 bits per heavy atom. The predicted molar refractivity (Wildman–Crippen MR) is 105 cm³/mol. The predicted octanol–water partition coefficient (Wildman–Crippen LogP) is 2.82. The number of carbonyl (C=O) groups is 2. The van der Waals surface area contributed by atoms with Crippen molar-refractivity contribution in [2.75, 3.05) is 4.90 Å². The third-order valence-corrected chi connectivity index (χ3v) is 5.56. The number of benzene rings is 2. The standard InChI is InChI=1S/C22H24N2O5/c1-21(2,3)13-9-15-16-11-22(4,29-18(15)17(25)10-13)24(20(28)23-16)14-7-5-6-12(8-14)19(26)27/h5-10,16,25H,11H2,1-4H3,(H,23,28)(H,26,27)/p-1/t16-,22-/m0/s1. The number of carbonyl (C=O) groups excluding carboxylic acids is 2. The second kappa shape index (κ2) is 6.14. The molecule has 4 rings (SSSR count). The zero-order chi connectivity index (χ0) is 21.1. The summed E-state index contributed by atoms with van der Waals surface area (Å²) in [6, 6.07) is 8.89. The summed E-state index contributed by atoms with van der Waals surface area (Å²) < 4.78 is 6.18. The Hall–Kier alpha value is -3.22. The first-order chi connectivity index (χ1) is 13.5. The van der Waals surface area contributed by atoms with E-state index in [1.807, 2.05) is 26.8 Å². The second-order valence-corrected chi connectivity index (χ2v) is 8.82. The fourth-order valence-corrected chi connectivity index (χ4v) is 4.05. The number of hydrogen-bond acceptors (Lipinski definition) is 5. The number of ether oxygens (including phenoxy) is 1. The van der Waals surface area contributed by atoms with Gasteiger partial charge >= 0.3 is 6.03 Å². The van der Waals surface area contributed by atoms with Crippen LogP contribution in [0.4, 0.5) is 10.5 Å². The molecule has 1 fully saturated rings. The molecule has 2 aromatic carbocycles. The number of nitrogens with zero attached hydrogens (tertiary/aromatic N) is 1. The largest absolute Gasteiger partial charge is 0.545 e. The van der Waals surface area contributed by atoms with Crippen LogP contribution >= 0.6 is 0 Å². The first-order valence-corrected chi connectivity index (χ1v) is 9.48. The monoisotopic (exact) mass is 395 g/mol. The summed E-state index contributed by atoms with van der Waals surface area (Å²) in [6.45, 7) is 7.90. The first kappa shape index (κ1) is 19.1. The molecule has 0 aromatic heterocycles. The SMILES string of the molecule is CC(C)(C)c1cc(O)c2c(c1)[C@@H]1C[C@](C)(O2)N(c2cccc(C(=O)[O-])c2)C(=O)N1. The minimum Gasteiger partial charge on any atom is -0.545 e. The van der Waals surface area contributed by atoms with Gasteiger partial charge in [0.2, 0.25) is 0 Å². The van der Waals surface area contributed by atoms with Gasteiger partial charge in [-0.3, -0.25) is 4.90 Å². The fourth-order valence-electron chi connectivity index (χ4n) is 4.05. The Kier molecular flexibility index (Phi) is 4.05. The lowest BCUT2D eigenvalue weighted by atomic mass is 9.82. The average molecular weight is 395 g/mol. The molecular formula is C22H23N2O5-. The number of anilines is 1. The van der Waals surface area contributed by atoms with Crippen molar-refractivity contribution in [2.45, 2.75) is 51.3 Å². The molecule has 7 heteroatoms. The number of hydrogen-bond donors (Lipinski definition) is 2. The molecule has 0 aliphatic carbocycles. The van der Waals surface area contributed by atoms with Crippen LogP contribution in [0.5, 0.6) is 11.5 Å². The lowest BCUT2D eigenvalue weighted by Crippen LogP contribution is -2.65. The van der Waals surface area contributed by atoms with Crippen molar-refractivity contribution >= 4 is 17.7 Å². The molecule has 2 atom stereocenters. The minimum absolute atomic E-state index is 0.0166. The molecule has 1 saturated heterocycles. The molecule has 7 nitrogen and oxygen atoms in total. The molecule has 2 aliphatic rings. The van der Waals surface area contributed by atoms with Crippen molar-refractivity contribution in [3.05, 3.63) is 53.1 Å². The smallest absolute Gasteiger partial charge is 0.325 e. The van der Waals surface area contributed by atoms with Gasteiger partial charge in [0.05, 0.1) is 17.7 Å². The molecule has 152 valence electrons. The average Bonchev–Trinajstić information content (AvgIpc) is 2.61. The topological polar surface area (TPSA) is 102 Å². The number of rotatable bonds is 2. The maximum Gasteiger partial charge on any atom is 0.325 e. The fraction of sp³-hybridized carbons (Fsp3) is 0.364. The van der Waals surface area contributed by atoms with Crippen molar-refractivity contribution in [3.8, 4) is 11.5 Å². The number of amides is 2. The number of carboxylic acid groups (broad SMARTS) is 1. The second-order valence-electron chi connectivity index (χ2n) is 8.82. The quantitative estimate of drug-likeness (QED) is 0.814. The van der Waals surface area contributed by atoms with E-state index in [-0.39, 0.29) is 22.8 Å². The Balaban J connectivity index is 1.80. The van der Waals surface area contributed by atoms with E-state index in [9.17, 15) is 19.8 Å². The highest BCUT2D eigenvalue weighted by molar-refractivity contribution is 5.96. The van der Waals surface area contributed by atoms with Crippen molar-refractivity contribution in [3.63, 3.8) is 0 Å². The van der Waals surface area contributed by atoms with Crippen molar-refractivity contribution < 1.29 is 24.5 Å². The van der Waals surface area contributed by atoms with Crippen LogP contribution in [0, 0.1) is 0 Å². The van der Waals surface area contributed by atoms with E-state index in [2.05, 4.69) is 5.32 Å². The van der Waals surface area contributed by atoms with Gasteiger partial charge in [-0.2, -0.15) is 0 Å². The van der Waals surface area contributed by atoms with Crippen LogP contribution < -0.4 is 20.1 Å². The Morgan fingerprint density at radius 2 is 2.03 bits per heavy atom. The van der Waals surface area contributed by atoms with E-state index in [0.29, 0.717) is 17.9 Å². The van der Waals surface area contributed by atoms with Gasteiger partial charge in [0.15, 0.2) is 17.2 Å². The Bertz CT molecular complexity index is 1030. The zero-order valence-electron chi connectivity index (χ0n) is 16.8. The summed E-state index contributed by atoms with van der Waals surface area (Å²) in [6.07, 6.45) is 0.439. The molecule has 2 bridgehead atoms. The van der Waals surface area contributed by atoms with Gasteiger partial charge in [-0.1, -0.05) is 32.9 Å². The normalized spacial score (nSPS) is 23.1. The van der Waals surface area contributed by atoms with Gasteiger partial charge in [0.1, 0.15) is 0 Å². The maximum absolute atomic E-state index is 13.0. The van der Waals surface area contributed by atoms with Crippen molar-refractivity contribution in [1.82, 2.24) is 5.32 Å². The van der Waals surface area contributed by atoms with Crippen LogP contribution in [-0.2, 0) is 5.41 Å². The van der Waals surface area contributed by atoms with E-state index in [1.165, 1.54) is 17.0 Å². The number of phenols is 1. The van der Waals surface area contributed by atoms with Crippen molar-refractivity contribution in [1.29, 1.82) is 0 Å². The van der Waals surface area contributed by atoms with Crippen LogP contribution in [0.2, 0.25) is 0 Å². The number of nitrogens with one attached hydrogen (secondary N) is 1. The molecule has 0 saturated carbocycles. The third-order valence-electron chi connectivity index (χ3n) is 5.56. The van der Waals surface area contributed by atoms with Crippen LogP contribution in [0.25, 0.3) is 0 Å². The summed E-state index contributed by atoms with van der Waals surface area (Å²) in [5.41, 5.74) is 0.756. The molecule has 0 spiro atoms. The Labute approximate surface area is 168 Å². The number of phenolic OH excluding ortho intramolecular Hbond substituents is 1. The molecule has 2 aromatic rings. The minimum atomic E-state index is -1.32. The van der Waals surface area contributed by atoms with Gasteiger partial charge < -0.3 is 25.1 Å². The molecule has 0 radical (unpaired) electrons. The molecule has 2 amide bonds. The lowest BCUT2D eigenvalue weighted by molar-refractivity contribution is -0.255. The number of carboxylic acids is 1. The molecule has 0 unspecified atom stereocenters. The van der Waals surface area contributed by atoms with Gasteiger partial charge in [-0.25, -0.2) is 4.79 Å². The highest BCUT2D eigenvalue weighted by atomic mass is 16.5. The molecule has 2 aliphatic heterocycles. The highest BCUT2D eigenvalue weighted by Crippen LogP contribution is 2.50. The summed E-state index contributed by atoms with van der Waals surface area (Å²) in [4.78, 5) is 25.6. The molecule has 2 N–H and O–H groups in total. The molecule has 2 heterocycles. The number of urea groups is 1. The molecule has 29 heavy (non-hydrogen) atoms. The van der Waals surface area contributed by atoms with Gasteiger partial charge in [-0.05, 0) is 47.7 Å². The van der Waals surface area contributed by atoms with Crippen LogP contribution in [0.1, 0.15) is 61.6 Å². The van der Waals surface area contributed by atoms with E-state index < -0.39 is 17.7 Å². The van der Waals surface area contributed by atoms with Gasteiger partial charge in [-0.15, -0.1) is 0 Å². The zero-order valence-corrected chi connectivity index (χ0v) is 16.8. The van der Waals surface area contributed by atoms with E-state index >= 15 is 0 Å². The summed E-state index contributed by atoms with van der Waals surface area (Å²) in [7, 11) is 0. The number of fused-ring (bicyclic) bond motifs is 4.